The quantitative estimate of drug-likeness (QED) is 0.822. The number of aromatic nitrogens is 5. The summed E-state index contributed by atoms with van der Waals surface area (Å²) in [5, 5.41) is 0. The normalized spacial score (nSPS) is 10.7. The number of imidazole rings is 1. The summed E-state index contributed by atoms with van der Waals surface area (Å²) in [4.78, 5) is 16.7. The Kier molecular flexibility index (Phi) is 4.86. The van der Waals surface area contributed by atoms with Gasteiger partial charge >= 0.3 is 6.01 Å². The topological polar surface area (TPSA) is 91.7 Å². The maximum Gasteiger partial charge on any atom is 0.321 e. The molecule has 0 aromatic carbocycles. The zero-order valence-electron chi connectivity index (χ0n) is 11.9. The van der Waals surface area contributed by atoms with E-state index >= 15 is 0 Å². The van der Waals surface area contributed by atoms with Crippen LogP contribution >= 0.6 is 0 Å². The Labute approximate surface area is 118 Å². The van der Waals surface area contributed by atoms with Crippen molar-refractivity contribution in [3.63, 3.8) is 0 Å². The standard InChI is InChI=1S/C13H20N6O/c1-3-6-19-7-5-15-11(19)9-10-16-12(14)18-13(17-10)20-8-4-2/h5,7H,3-4,6,8-9H2,1-2H3,(H2,14,16,17,18). The van der Waals surface area contributed by atoms with E-state index in [-0.39, 0.29) is 12.0 Å². The molecule has 7 heteroatoms. The Hall–Kier alpha value is -2.18. The summed E-state index contributed by atoms with van der Waals surface area (Å²) < 4.78 is 7.49. The zero-order chi connectivity index (χ0) is 14.4. The van der Waals surface area contributed by atoms with Gasteiger partial charge in [-0.3, -0.25) is 0 Å². The summed E-state index contributed by atoms with van der Waals surface area (Å²) in [5.41, 5.74) is 5.69. The average molecular weight is 276 g/mol. The van der Waals surface area contributed by atoms with Crippen LogP contribution in [-0.2, 0) is 13.0 Å². The summed E-state index contributed by atoms with van der Waals surface area (Å²) >= 11 is 0. The van der Waals surface area contributed by atoms with E-state index in [1.165, 1.54) is 0 Å². The number of ether oxygens (including phenoxy) is 1. The smallest absolute Gasteiger partial charge is 0.321 e. The third kappa shape index (κ3) is 3.66. The van der Waals surface area contributed by atoms with Gasteiger partial charge in [0.05, 0.1) is 13.0 Å². The van der Waals surface area contributed by atoms with Gasteiger partial charge in [0.1, 0.15) is 11.6 Å². The lowest BCUT2D eigenvalue weighted by Crippen LogP contribution is -2.10. The molecule has 0 aliphatic heterocycles. The molecule has 2 aromatic rings. The van der Waals surface area contributed by atoms with Crippen LogP contribution in [0.1, 0.15) is 38.3 Å². The minimum absolute atomic E-state index is 0.176. The zero-order valence-corrected chi connectivity index (χ0v) is 11.9. The Morgan fingerprint density at radius 2 is 2.05 bits per heavy atom. The lowest BCUT2D eigenvalue weighted by Gasteiger charge is -2.07. The number of nitrogen functional groups attached to an aromatic ring is 1. The number of hydrogen-bond donors (Lipinski definition) is 1. The highest BCUT2D eigenvalue weighted by Crippen LogP contribution is 2.10. The molecule has 20 heavy (non-hydrogen) atoms. The van der Waals surface area contributed by atoms with Crippen molar-refractivity contribution in [2.45, 2.75) is 39.7 Å². The highest BCUT2D eigenvalue weighted by Gasteiger charge is 2.10. The third-order valence-corrected chi connectivity index (χ3v) is 2.70. The van der Waals surface area contributed by atoms with Gasteiger partial charge in [0, 0.05) is 18.9 Å². The Morgan fingerprint density at radius 3 is 2.80 bits per heavy atom. The van der Waals surface area contributed by atoms with Crippen LogP contribution in [0.2, 0.25) is 0 Å². The van der Waals surface area contributed by atoms with Gasteiger partial charge in [-0.25, -0.2) is 4.98 Å². The van der Waals surface area contributed by atoms with E-state index in [4.69, 9.17) is 10.5 Å². The highest BCUT2D eigenvalue weighted by molar-refractivity contribution is 5.19. The van der Waals surface area contributed by atoms with Gasteiger partial charge in [0.2, 0.25) is 5.95 Å². The lowest BCUT2D eigenvalue weighted by molar-refractivity contribution is 0.290. The van der Waals surface area contributed by atoms with Crippen molar-refractivity contribution in [3.8, 4) is 6.01 Å². The molecular weight excluding hydrogens is 256 g/mol. The number of nitrogens with two attached hydrogens (primary N) is 1. The lowest BCUT2D eigenvalue weighted by atomic mass is 10.3. The number of aryl methyl sites for hydroxylation is 1. The fraction of sp³-hybridized carbons (Fsp3) is 0.538. The minimum atomic E-state index is 0.176. The molecule has 7 nitrogen and oxygen atoms in total. The molecule has 2 N–H and O–H groups in total. The molecule has 0 fully saturated rings. The number of nitrogens with zero attached hydrogens (tertiary/aromatic N) is 5. The second-order valence-corrected chi connectivity index (χ2v) is 4.45. The summed E-state index contributed by atoms with van der Waals surface area (Å²) in [7, 11) is 0. The van der Waals surface area contributed by atoms with E-state index in [2.05, 4.69) is 31.4 Å². The molecule has 0 amide bonds. The van der Waals surface area contributed by atoms with Crippen LogP contribution in [0.3, 0.4) is 0 Å². The van der Waals surface area contributed by atoms with E-state index in [0.29, 0.717) is 18.9 Å². The predicted octanol–water partition coefficient (Wildman–Crippen LogP) is 1.44. The highest BCUT2D eigenvalue weighted by atomic mass is 16.5. The second-order valence-electron chi connectivity index (χ2n) is 4.45. The molecule has 0 atom stereocenters. The molecular formula is C13H20N6O. The van der Waals surface area contributed by atoms with Crippen molar-refractivity contribution in [1.29, 1.82) is 0 Å². The van der Waals surface area contributed by atoms with Crippen molar-refractivity contribution in [2.24, 2.45) is 0 Å². The van der Waals surface area contributed by atoms with Crippen LogP contribution in [0.25, 0.3) is 0 Å². The molecule has 2 heterocycles. The molecule has 0 saturated heterocycles. The van der Waals surface area contributed by atoms with Crippen LogP contribution in [0, 0.1) is 0 Å². The van der Waals surface area contributed by atoms with Gasteiger partial charge < -0.3 is 15.0 Å². The van der Waals surface area contributed by atoms with Crippen LogP contribution in [0.4, 0.5) is 5.95 Å². The summed E-state index contributed by atoms with van der Waals surface area (Å²) in [5.74, 6) is 1.67. The first-order chi connectivity index (χ1) is 9.72. The number of anilines is 1. The average Bonchev–Trinajstić information content (AvgIpc) is 2.84. The van der Waals surface area contributed by atoms with Crippen LogP contribution < -0.4 is 10.5 Å². The fourth-order valence-electron chi connectivity index (χ4n) is 1.85. The van der Waals surface area contributed by atoms with E-state index in [9.17, 15) is 0 Å². The SMILES string of the molecule is CCCOc1nc(N)nc(Cc2nccn2CCC)n1. The number of rotatable bonds is 7. The summed E-state index contributed by atoms with van der Waals surface area (Å²) in [6.45, 7) is 5.64. The summed E-state index contributed by atoms with van der Waals surface area (Å²) in [6, 6.07) is 0.281. The van der Waals surface area contributed by atoms with Crippen molar-refractivity contribution in [1.82, 2.24) is 24.5 Å². The van der Waals surface area contributed by atoms with E-state index in [0.717, 1.165) is 25.2 Å². The molecule has 0 radical (unpaired) electrons. The molecule has 0 spiro atoms. The maximum absolute atomic E-state index is 5.69. The van der Waals surface area contributed by atoms with Gasteiger partial charge in [0.15, 0.2) is 0 Å². The van der Waals surface area contributed by atoms with E-state index in [1.54, 1.807) is 6.20 Å². The third-order valence-electron chi connectivity index (χ3n) is 2.70. The molecule has 2 aromatic heterocycles. The number of hydrogen-bond acceptors (Lipinski definition) is 6. The Morgan fingerprint density at radius 1 is 1.20 bits per heavy atom. The Balaban J connectivity index is 2.15. The van der Waals surface area contributed by atoms with Crippen LogP contribution in [0.15, 0.2) is 12.4 Å². The molecule has 0 bridgehead atoms. The maximum atomic E-state index is 5.69. The Bertz CT molecular complexity index is 554. The van der Waals surface area contributed by atoms with Crippen molar-refractivity contribution >= 4 is 5.95 Å². The van der Waals surface area contributed by atoms with E-state index < -0.39 is 0 Å². The van der Waals surface area contributed by atoms with Gasteiger partial charge in [-0.15, -0.1) is 0 Å². The molecule has 0 aliphatic carbocycles. The van der Waals surface area contributed by atoms with Gasteiger partial charge in [0.25, 0.3) is 0 Å². The fourth-order valence-corrected chi connectivity index (χ4v) is 1.85. The first-order valence-electron chi connectivity index (χ1n) is 6.86. The first kappa shape index (κ1) is 14.2. The van der Waals surface area contributed by atoms with Gasteiger partial charge in [-0.05, 0) is 12.8 Å². The van der Waals surface area contributed by atoms with Gasteiger partial charge in [-0.2, -0.15) is 15.0 Å². The first-order valence-corrected chi connectivity index (χ1v) is 6.86. The largest absolute Gasteiger partial charge is 0.463 e. The predicted molar refractivity (Wildman–Crippen MR) is 75.3 cm³/mol. The van der Waals surface area contributed by atoms with Crippen LogP contribution in [0.5, 0.6) is 6.01 Å². The van der Waals surface area contributed by atoms with Gasteiger partial charge in [-0.1, -0.05) is 13.8 Å². The second kappa shape index (κ2) is 6.83. The molecule has 108 valence electrons. The monoisotopic (exact) mass is 276 g/mol. The minimum Gasteiger partial charge on any atom is -0.463 e. The van der Waals surface area contributed by atoms with Crippen molar-refractivity contribution in [2.75, 3.05) is 12.3 Å². The van der Waals surface area contributed by atoms with Crippen molar-refractivity contribution < 1.29 is 4.74 Å². The molecule has 2 rings (SSSR count). The molecule has 0 aliphatic rings. The molecule has 0 unspecified atom stereocenters. The van der Waals surface area contributed by atoms with E-state index in [1.807, 2.05) is 13.1 Å². The molecule has 0 saturated carbocycles. The van der Waals surface area contributed by atoms with Crippen molar-refractivity contribution in [3.05, 3.63) is 24.0 Å². The summed E-state index contributed by atoms with van der Waals surface area (Å²) in [6.07, 6.45) is 6.19. The van der Waals surface area contributed by atoms with Crippen LogP contribution in [-0.4, -0.2) is 31.1 Å².